The van der Waals surface area contributed by atoms with Crippen molar-refractivity contribution in [3.63, 3.8) is 0 Å². The first-order valence-electron chi connectivity index (χ1n) is 9.58. The molecule has 168 valence electrons. The number of ether oxygens (including phenoxy) is 1. The van der Waals surface area contributed by atoms with Crippen LogP contribution in [0.2, 0.25) is 0 Å². The van der Waals surface area contributed by atoms with Crippen LogP contribution in [0.1, 0.15) is 12.5 Å². The number of para-hydroxylation sites is 1. The summed E-state index contributed by atoms with van der Waals surface area (Å²) in [5.74, 6) is -1.04. The summed E-state index contributed by atoms with van der Waals surface area (Å²) >= 11 is 0. The maximum atomic E-state index is 13.1. The molecule has 0 aliphatic heterocycles. The van der Waals surface area contributed by atoms with Gasteiger partial charge in [-0.05, 0) is 37.3 Å². The molecule has 10 heteroatoms. The van der Waals surface area contributed by atoms with Gasteiger partial charge in [-0.3, -0.25) is 9.59 Å². The van der Waals surface area contributed by atoms with Crippen LogP contribution in [0.15, 0.2) is 63.8 Å². The van der Waals surface area contributed by atoms with Crippen LogP contribution in [0.3, 0.4) is 0 Å². The monoisotopic (exact) mass is 448 g/mol. The number of fused-ring (bicyclic) bond motifs is 1. The standard InChI is InChI=1S/C22H19F3N2O5/c1-2-27(12-19(28)26-17-6-4-3-5-16(17)22(23,24)25)20(29)13-31-15-9-7-14-8-10-21(30)32-18(14)11-15/h3-11H,2,12-13H2,1H3,(H,26,28). The number of rotatable bonds is 7. The molecule has 0 saturated carbocycles. The normalized spacial score (nSPS) is 11.2. The van der Waals surface area contributed by atoms with Gasteiger partial charge in [-0.1, -0.05) is 12.1 Å². The summed E-state index contributed by atoms with van der Waals surface area (Å²) in [5.41, 5.74) is -1.60. The van der Waals surface area contributed by atoms with Crippen LogP contribution in [0.4, 0.5) is 18.9 Å². The van der Waals surface area contributed by atoms with Crippen LogP contribution >= 0.6 is 0 Å². The molecular formula is C22H19F3N2O5. The maximum Gasteiger partial charge on any atom is 0.418 e. The van der Waals surface area contributed by atoms with Gasteiger partial charge in [-0.15, -0.1) is 0 Å². The van der Waals surface area contributed by atoms with E-state index in [1.165, 1.54) is 24.3 Å². The SMILES string of the molecule is CCN(CC(=O)Nc1ccccc1C(F)(F)F)C(=O)COc1ccc2ccc(=O)oc2c1. The minimum absolute atomic E-state index is 0.142. The second kappa shape index (κ2) is 9.54. The smallest absolute Gasteiger partial charge is 0.418 e. The first kappa shape index (κ1) is 22.9. The van der Waals surface area contributed by atoms with Gasteiger partial charge in [0.15, 0.2) is 6.61 Å². The molecule has 32 heavy (non-hydrogen) atoms. The zero-order valence-corrected chi connectivity index (χ0v) is 16.9. The van der Waals surface area contributed by atoms with Gasteiger partial charge in [0.2, 0.25) is 5.91 Å². The molecule has 0 bridgehead atoms. The Morgan fingerprint density at radius 1 is 1.09 bits per heavy atom. The fourth-order valence-corrected chi connectivity index (χ4v) is 2.95. The summed E-state index contributed by atoms with van der Waals surface area (Å²) in [7, 11) is 0. The summed E-state index contributed by atoms with van der Waals surface area (Å²) < 4.78 is 49.7. The Morgan fingerprint density at radius 3 is 2.53 bits per heavy atom. The van der Waals surface area contributed by atoms with Crippen LogP contribution < -0.4 is 15.7 Å². The number of amides is 2. The number of carbonyl (C=O) groups excluding carboxylic acids is 2. The molecule has 3 rings (SSSR count). The molecule has 0 aliphatic rings. The molecular weight excluding hydrogens is 429 g/mol. The molecule has 0 atom stereocenters. The lowest BCUT2D eigenvalue weighted by atomic mass is 10.1. The van der Waals surface area contributed by atoms with Gasteiger partial charge in [-0.25, -0.2) is 4.79 Å². The number of hydrogen-bond acceptors (Lipinski definition) is 5. The molecule has 1 aromatic heterocycles. The van der Waals surface area contributed by atoms with Gasteiger partial charge in [0, 0.05) is 24.1 Å². The summed E-state index contributed by atoms with van der Waals surface area (Å²) in [6.07, 6.45) is -4.63. The van der Waals surface area contributed by atoms with Crippen LogP contribution in [0, 0.1) is 0 Å². The maximum absolute atomic E-state index is 13.1. The van der Waals surface area contributed by atoms with Crippen molar-refractivity contribution in [2.24, 2.45) is 0 Å². The van der Waals surface area contributed by atoms with Gasteiger partial charge >= 0.3 is 11.8 Å². The molecule has 0 unspecified atom stereocenters. The lowest BCUT2D eigenvalue weighted by Gasteiger charge is -2.21. The summed E-state index contributed by atoms with van der Waals surface area (Å²) in [6.45, 7) is 0.906. The zero-order valence-electron chi connectivity index (χ0n) is 16.9. The highest BCUT2D eigenvalue weighted by molar-refractivity contribution is 5.95. The molecule has 1 heterocycles. The molecule has 3 aromatic rings. The first-order chi connectivity index (χ1) is 15.2. The second-order valence-corrected chi connectivity index (χ2v) is 6.74. The van der Waals surface area contributed by atoms with Crippen molar-refractivity contribution in [2.45, 2.75) is 13.1 Å². The molecule has 0 aliphatic carbocycles. The summed E-state index contributed by atoms with van der Waals surface area (Å²) in [4.78, 5) is 37.2. The molecule has 0 spiro atoms. The van der Waals surface area contributed by atoms with Gasteiger partial charge in [0.1, 0.15) is 11.3 Å². The lowest BCUT2D eigenvalue weighted by molar-refractivity contribution is -0.137. The van der Waals surface area contributed by atoms with Crippen molar-refractivity contribution >= 4 is 28.5 Å². The lowest BCUT2D eigenvalue weighted by Crippen LogP contribution is -2.40. The van der Waals surface area contributed by atoms with E-state index in [0.29, 0.717) is 5.39 Å². The third kappa shape index (κ3) is 5.65. The van der Waals surface area contributed by atoms with Crippen molar-refractivity contribution in [3.8, 4) is 5.75 Å². The van der Waals surface area contributed by atoms with E-state index < -0.39 is 42.3 Å². The Labute approximate surface area is 180 Å². The molecule has 0 fully saturated rings. The Bertz CT molecular complexity index is 1190. The number of likely N-dealkylation sites (N-methyl/N-ethyl adjacent to an activating group) is 1. The van der Waals surface area contributed by atoms with Crippen LogP contribution in [-0.2, 0) is 15.8 Å². The molecule has 7 nitrogen and oxygen atoms in total. The number of alkyl halides is 3. The fourth-order valence-electron chi connectivity index (χ4n) is 2.95. The van der Waals surface area contributed by atoms with Gasteiger partial charge in [-0.2, -0.15) is 13.2 Å². The van der Waals surface area contributed by atoms with Gasteiger partial charge in [0.25, 0.3) is 5.91 Å². The minimum Gasteiger partial charge on any atom is -0.484 e. The quantitative estimate of drug-likeness (QED) is 0.557. The largest absolute Gasteiger partial charge is 0.484 e. The molecule has 0 radical (unpaired) electrons. The van der Waals surface area contributed by atoms with E-state index in [1.807, 2.05) is 0 Å². The van der Waals surface area contributed by atoms with E-state index >= 15 is 0 Å². The molecule has 2 amide bonds. The molecule has 1 N–H and O–H groups in total. The predicted octanol–water partition coefficient (Wildman–Crippen LogP) is 3.68. The number of halogens is 3. The number of hydrogen-bond donors (Lipinski definition) is 1. The summed E-state index contributed by atoms with van der Waals surface area (Å²) in [6, 6.07) is 12.2. The van der Waals surface area contributed by atoms with E-state index in [4.69, 9.17) is 9.15 Å². The van der Waals surface area contributed by atoms with E-state index in [9.17, 15) is 27.6 Å². The first-order valence-corrected chi connectivity index (χ1v) is 9.58. The highest BCUT2D eigenvalue weighted by Crippen LogP contribution is 2.34. The van der Waals surface area contributed by atoms with E-state index in [2.05, 4.69) is 5.32 Å². The number of nitrogens with zero attached hydrogens (tertiary/aromatic N) is 1. The van der Waals surface area contributed by atoms with Crippen LogP contribution in [0.25, 0.3) is 11.0 Å². The molecule has 2 aromatic carbocycles. The Balaban J connectivity index is 1.61. The predicted molar refractivity (Wildman–Crippen MR) is 110 cm³/mol. The van der Waals surface area contributed by atoms with Crippen LogP contribution in [-0.4, -0.2) is 36.4 Å². The van der Waals surface area contributed by atoms with Crippen molar-refractivity contribution in [1.29, 1.82) is 0 Å². The third-order valence-corrected chi connectivity index (χ3v) is 4.53. The zero-order chi connectivity index (χ0) is 23.3. The van der Waals surface area contributed by atoms with Crippen molar-refractivity contribution in [3.05, 3.63) is 70.6 Å². The Morgan fingerprint density at radius 2 is 1.81 bits per heavy atom. The second-order valence-electron chi connectivity index (χ2n) is 6.74. The topological polar surface area (TPSA) is 88.9 Å². The fraction of sp³-hybridized carbons (Fsp3) is 0.227. The molecule has 0 saturated heterocycles. The minimum atomic E-state index is -4.63. The average molecular weight is 448 g/mol. The Kier molecular flexibility index (Phi) is 6.82. The number of nitrogens with one attached hydrogen (secondary N) is 1. The highest BCUT2D eigenvalue weighted by Gasteiger charge is 2.33. The highest BCUT2D eigenvalue weighted by atomic mass is 19.4. The van der Waals surface area contributed by atoms with Crippen LogP contribution in [0.5, 0.6) is 5.75 Å². The van der Waals surface area contributed by atoms with Gasteiger partial charge < -0.3 is 19.4 Å². The van der Waals surface area contributed by atoms with Gasteiger partial charge in [0.05, 0.1) is 17.8 Å². The number of anilines is 1. The van der Waals surface area contributed by atoms with Crippen molar-refractivity contribution in [2.75, 3.05) is 25.0 Å². The van der Waals surface area contributed by atoms with E-state index in [0.717, 1.165) is 17.0 Å². The third-order valence-electron chi connectivity index (χ3n) is 4.53. The summed E-state index contributed by atoms with van der Waals surface area (Å²) in [5, 5.41) is 2.88. The number of benzene rings is 2. The average Bonchev–Trinajstić information content (AvgIpc) is 2.75. The van der Waals surface area contributed by atoms with E-state index in [1.54, 1.807) is 25.1 Å². The van der Waals surface area contributed by atoms with Crippen molar-refractivity contribution in [1.82, 2.24) is 4.90 Å². The van der Waals surface area contributed by atoms with E-state index in [-0.39, 0.29) is 23.6 Å². The Hall–Kier alpha value is -3.82. The van der Waals surface area contributed by atoms with Crippen molar-refractivity contribution < 1.29 is 31.9 Å². The number of carbonyl (C=O) groups is 2.